The zero-order chi connectivity index (χ0) is 9.57. The molecule has 1 aliphatic heterocycles. The number of likely N-dealkylation sites (tertiary alicyclic amines) is 1. The maximum Gasteiger partial charge on any atom is 0.267 e. The monoisotopic (exact) mass is 177 g/mol. The normalized spacial score (nSPS) is 25.9. The van der Waals surface area contributed by atoms with Crippen LogP contribution in [-0.2, 0) is 4.79 Å². The maximum atomic E-state index is 12.9. The van der Waals surface area contributed by atoms with Crippen molar-refractivity contribution in [1.82, 2.24) is 4.90 Å². The van der Waals surface area contributed by atoms with Crippen molar-refractivity contribution in [2.75, 3.05) is 6.54 Å². The van der Waals surface area contributed by atoms with Crippen LogP contribution < -0.4 is 0 Å². The average molecular weight is 177 g/mol. The van der Waals surface area contributed by atoms with Crippen LogP contribution in [0.2, 0.25) is 0 Å². The molecule has 1 fully saturated rings. The highest BCUT2D eigenvalue weighted by molar-refractivity contribution is 5.74. The summed E-state index contributed by atoms with van der Waals surface area (Å²) in [4.78, 5) is 12.2. The van der Waals surface area contributed by atoms with Gasteiger partial charge in [0.15, 0.2) is 0 Å². The maximum absolute atomic E-state index is 12.9. The van der Waals surface area contributed by atoms with Crippen LogP contribution in [0.5, 0.6) is 0 Å². The fourth-order valence-corrected chi connectivity index (χ4v) is 1.77. The van der Waals surface area contributed by atoms with Crippen LogP contribution in [0.15, 0.2) is 0 Å². The third kappa shape index (κ3) is 1.57. The summed E-state index contributed by atoms with van der Waals surface area (Å²) in [6.45, 7) is 4.21. The zero-order valence-electron chi connectivity index (χ0n) is 7.53. The number of hydrogen-bond donors (Lipinski definition) is 0. The Bertz CT molecular complexity index is 213. The SMILES string of the molecule is CC(=O)N1CC(F)(F)CC1(C)C. The standard InChI is InChI=1S/C8H13F2NO/c1-6(12)11-5-8(9,10)4-7(11,2)3/h4-5H2,1-3H3. The van der Waals surface area contributed by atoms with Crippen LogP contribution in [-0.4, -0.2) is 28.8 Å². The van der Waals surface area contributed by atoms with Crippen LogP contribution in [0.25, 0.3) is 0 Å². The topological polar surface area (TPSA) is 20.3 Å². The molecule has 1 amide bonds. The van der Waals surface area contributed by atoms with Crippen LogP contribution >= 0.6 is 0 Å². The number of amides is 1. The lowest BCUT2D eigenvalue weighted by Crippen LogP contribution is -2.41. The number of carbonyl (C=O) groups is 1. The summed E-state index contributed by atoms with van der Waals surface area (Å²) in [5.74, 6) is -2.99. The molecule has 0 unspecified atom stereocenters. The van der Waals surface area contributed by atoms with E-state index >= 15 is 0 Å². The number of carbonyl (C=O) groups excluding carboxylic acids is 1. The van der Waals surface area contributed by atoms with Crippen molar-refractivity contribution >= 4 is 5.91 Å². The van der Waals surface area contributed by atoms with Gasteiger partial charge in [-0.3, -0.25) is 4.79 Å². The quantitative estimate of drug-likeness (QED) is 0.551. The van der Waals surface area contributed by atoms with Gasteiger partial charge in [-0.05, 0) is 13.8 Å². The van der Waals surface area contributed by atoms with Crippen molar-refractivity contribution in [3.8, 4) is 0 Å². The zero-order valence-corrected chi connectivity index (χ0v) is 7.53. The van der Waals surface area contributed by atoms with Gasteiger partial charge in [-0.25, -0.2) is 8.78 Å². The Balaban J connectivity index is 2.85. The lowest BCUT2D eigenvalue weighted by atomic mass is 10.0. The summed E-state index contributed by atoms with van der Waals surface area (Å²) in [6, 6.07) is 0. The first kappa shape index (κ1) is 9.42. The van der Waals surface area contributed by atoms with Crippen molar-refractivity contribution in [2.45, 2.75) is 38.7 Å². The molecule has 0 spiro atoms. The van der Waals surface area contributed by atoms with Crippen LogP contribution in [0.1, 0.15) is 27.2 Å². The van der Waals surface area contributed by atoms with Crippen LogP contribution in [0.3, 0.4) is 0 Å². The molecule has 0 radical (unpaired) electrons. The smallest absolute Gasteiger partial charge is 0.267 e. The Morgan fingerprint density at radius 2 is 1.92 bits per heavy atom. The molecule has 1 rings (SSSR count). The van der Waals surface area contributed by atoms with Crippen molar-refractivity contribution in [1.29, 1.82) is 0 Å². The molecule has 1 heterocycles. The van der Waals surface area contributed by atoms with Gasteiger partial charge in [0.25, 0.3) is 5.92 Å². The number of nitrogens with zero attached hydrogens (tertiary/aromatic N) is 1. The van der Waals surface area contributed by atoms with Crippen molar-refractivity contribution in [2.24, 2.45) is 0 Å². The molecule has 4 heteroatoms. The first-order valence-electron chi connectivity index (χ1n) is 3.91. The van der Waals surface area contributed by atoms with Gasteiger partial charge in [0, 0.05) is 18.9 Å². The molecule has 0 saturated carbocycles. The van der Waals surface area contributed by atoms with E-state index in [2.05, 4.69) is 0 Å². The molecule has 1 saturated heterocycles. The molecule has 12 heavy (non-hydrogen) atoms. The number of rotatable bonds is 0. The number of hydrogen-bond acceptors (Lipinski definition) is 1. The molecular weight excluding hydrogens is 164 g/mol. The van der Waals surface area contributed by atoms with E-state index < -0.39 is 18.0 Å². The number of halogens is 2. The third-order valence-corrected chi connectivity index (χ3v) is 2.19. The Labute approximate surface area is 70.5 Å². The highest BCUT2D eigenvalue weighted by Crippen LogP contribution is 2.38. The van der Waals surface area contributed by atoms with Gasteiger partial charge in [-0.1, -0.05) is 0 Å². The van der Waals surface area contributed by atoms with Crippen molar-refractivity contribution in [3.63, 3.8) is 0 Å². The van der Waals surface area contributed by atoms with Gasteiger partial charge in [0.2, 0.25) is 5.91 Å². The molecule has 0 aliphatic carbocycles. The minimum absolute atomic E-state index is 0.237. The van der Waals surface area contributed by atoms with E-state index in [1.807, 2.05) is 0 Å². The van der Waals surface area contributed by atoms with E-state index in [0.29, 0.717) is 0 Å². The van der Waals surface area contributed by atoms with E-state index in [9.17, 15) is 13.6 Å². The first-order valence-corrected chi connectivity index (χ1v) is 3.91. The van der Waals surface area contributed by atoms with Gasteiger partial charge in [-0.2, -0.15) is 0 Å². The Morgan fingerprint density at radius 1 is 1.42 bits per heavy atom. The highest BCUT2D eigenvalue weighted by Gasteiger charge is 2.50. The van der Waals surface area contributed by atoms with Crippen molar-refractivity contribution in [3.05, 3.63) is 0 Å². The molecule has 1 aliphatic rings. The van der Waals surface area contributed by atoms with Crippen molar-refractivity contribution < 1.29 is 13.6 Å². The summed E-state index contributed by atoms with van der Waals surface area (Å²) in [5, 5.41) is 0. The highest BCUT2D eigenvalue weighted by atomic mass is 19.3. The summed E-state index contributed by atoms with van der Waals surface area (Å²) in [7, 11) is 0. The van der Waals surface area contributed by atoms with Gasteiger partial charge in [-0.15, -0.1) is 0 Å². The molecule has 0 bridgehead atoms. The van der Waals surface area contributed by atoms with Crippen LogP contribution in [0, 0.1) is 0 Å². The van der Waals surface area contributed by atoms with Gasteiger partial charge < -0.3 is 4.90 Å². The summed E-state index contributed by atoms with van der Waals surface area (Å²) < 4.78 is 25.7. The molecule has 0 aromatic rings. The van der Waals surface area contributed by atoms with Crippen LogP contribution in [0.4, 0.5) is 8.78 Å². The lowest BCUT2D eigenvalue weighted by Gasteiger charge is -2.29. The molecule has 0 N–H and O–H groups in total. The Hall–Kier alpha value is -0.670. The Kier molecular flexibility index (Phi) is 1.89. The Morgan fingerprint density at radius 3 is 2.08 bits per heavy atom. The molecule has 0 atom stereocenters. The lowest BCUT2D eigenvalue weighted by molar-refractivity contribution is -0.132. The summed E-state index contributed by atoms with van der Waals surface area (Å²) >= 11 is 0. The van der Waals surface area contributed by atoms with Gasteiger partial charge >= 0.3 is 0 Å². The third-order valence-electron chi connectivity index (χ3n) is 2.19. The average Bonchev–Trinajstić information content (AvgIpc) is 1.99. The van der Waals surface area contributed by atoms with Gasteiger partial charge in [0.1, 0.15) is 0 Å². The largest absolute Gasteiger partial charge is 0.332 e. The van der Waals surface area contributed by atoms with E-state index in [-0.39, 0.29) is 12.3 Å². The molecule has 2 nitrogen and oxygen atoms in total. The van der Waals surface area contributed by atoms with Gasteiger partial charge in [0.05, 0.1) is 6.54 Å². The fourth-order valence-electron chi connectivity index (χ4n) is 1.77. The van der Waals surface area contributed by atoms with E-state index in [1.165, 1.54) is 11.8 Å². The van der Waals surface area contributed by atoms with E-state index in [4.69, 9.17) is 0 Å². The van der Waals surface area contributed by atoms with E-state index in [0.717, 1.165) is 0 Å². The molecule has 0 aromatic carbocycles. The predicted octanol–water partition coefficient (Wildman–Crippen LogP) is 1.65. The second kappa shape index (κ2) is 2.41. The van der Waals surface area contributed by atoms with E-state index in [1.54, 1.807) is 13.8 Å². The summed E-state index contributed by atoms with van der Waals surface area (Å²) in [5.41, 5.74) is -0.699. The fraction of sp³-hybridized carbons (Fsp3) is 0.875. The second-order valence-corrected chi connectivity index (χ2v) is 3.95. The summed E-state index contributed by atoms with van der Waals surface area (Å²) in [6.07, 6.45) is -0.237. The molecular formula is C8H13F2NO. The molecule has 70 valence electrons. The first-order chi connectivity index (χ1) is 5.25. The number of alkyl halides is 2. The minimum atomic E-state index is -2.71. The molecule has 0 aromatic heterocycles. The minimum Gasteiger partial charge on any atom is -0.332 e. The second-order valence-electron chi connectivity index (χ2n) is 3.95. The predicted molar refractivity (Wildman–Crippen MR) is 41.0 cm³/mol.